The number of rotatable bonds is 5. The van der Waals surface area contributed by atoms with Gasteiger partial charge in [-0.2, -0.15) is 0 Å². The molecule has 0 atom stereocenters. The Balaban J connectivity index is 1.14. The molecule has 0 fully saturated rings. The predicted molar refractivity (Wildman–Crippen MR) is 232 cm³/mol. The third kappa shape index (κ3) is 4.81. The molecule has 0 spiro atoms. The highest BCUT2D eigenvalue weighted by molar-refractivity contribution is 6.33. The van der Waals surface area contributed by atoms with E-state index in [9.17, 15) is 0 Å². The molecule has 57 heavy (non-hydrogen) atoms. The fraction of sp³-hybridized carbons (Fsp3) is 0. The van der Waals surface area contributed by atoms with Crippen LogP contribution in [0.15, 0.2) is 192 Å². The van der Waals surface area contributed by atoms with E-state index in [-0.39, 0.29) is 0 Å². The van der Waals surface area contributed by atoms with E-state index in [0.717, 1.165) is 72.1 Å². The molecule has 0 amide bonds. The lowest BCUT2D eigenvalue weighted by Gasteiger charge is -2.12. The van der Waals surface area contributed by atoms with Crippen molar-refractivity contribution in [2.75, 3.05) is 0 Å². The first-order valence-electron chi connectivity index (χ1n) is 19.1. The zero-order valence-corrected chi connectivity index (χ0v) is 30.5. The lowest BCUT2D eigenvalue weighted by molar-refractivity contribution is 0.669. The van der Waals surface area contributed by atoms with Crippen LogP contribution in [0.4, 0.5) is 0 Å². The van der Waals surface area contributed by atoms with Crippen molar-refractivity contribution in [1.29, 1.82) is 0 Å². The van der Waals surface area contributed by atoms with E-state index in [4.69, 9.17) is 19.4 Å². The molecule has 266 valence electrons. The summed E-state index contributed by atoms with van der Waals surface area (Å²) < 4.78 is 11.2. The van der Waals surface area contributed by atoms with Gasteiger partial charge >= 0.3 is 0 Å². The van der Waals surface area contributed by atoms with Gasteiger partial charge in [0, 0.05) is 55.0 Å². The van der Waals surface area contributed by atoms with E-state index >= 15 is 0 Å². The van der Waals surface area contributed by atoms with Gasteiger partial charge in [0.05, 0.1) is 27.5 Å². The summed E-state index contributed by atoms with van der Waals surface area (Å²) >= 11 is 0. The fourth-order valence-corrected chi connectivity index (χ4v) is 8.71. The smallest absolute Gasteiger partial charge is 0.164 e. The zero-order chi connectivity index (χ0) is 37.5. The van der Waals surface area contributed by atoms with E-state index in [2.05, 4.69) is 130 Å². The van der Waals surface area contributed by atoms with Crippen LogP contribution >= 0.6 is 0 Å². The van der Waals surface area contributed by atoms with Crippen LogP contribution in [0.1, 0.15) is 0 Å². The Morgan fingerprint density at radius 1 is 0.333 bits per heavy atom. The molecule has 6 heteroatoms. The molecule has 0 aliphatic heterocycles. The molecular weight excluding hydrogens is 699 g/mol. The molecule has 0 bridgehead atoms. The first kappa shape index (κ1) is 31.5. The number of nitrogens with zero attached hydrogens (tertiary/aromatic N) is 5. The van der Waals surface area contributed by atoms with E-state index in [1.807, 2.05) is 66.7 Å². The van der Waals surface area contributed by atoms with Crippen molar-refractivity contribution in [3.05, 3.63) is 188 Å². The quantitative estimate of drug-likeness (QED) is 0.177. The predicted octanol–water partition coefficient (Wildman–Crippen LogP) is 13.0. The first-order chi connectivity index (χ1) is 28.3. The second-order valence-corrected chi connectivity index (χ2v) is 14.4. The minimum Gasteiger partial charge on any atom is -0.456 e. The highest BCUT2D eigenvalue weighted by Gasteiger charge is 2.24. The van der Waals surface area contributed by atoms with Gasteiger partial charge in [0.15, 0.2) is 17.5 Å². The summed E-state index contributed by atoms with van der Waals surface area (Å²) in [6, 6.07) is 65.4. The molecule has 4 aromatic heterocycles. The second-order valence-electron chi connectivity index (χ2n) is 14.4. The van der Waals surface area contributed by atoms with E-state index in [1.165, 1.54) is 21.5 Å². The molecule has 12 rings (SSSR count). The Hall–Kier alpha value is -7.83. The Labute approximate surface area is 326 Å². The van der Waals surface area contributed by atoms with Crippen molar-refractivity contribution >= 4 is 65.6 Å². The van der Waals surface area contributed by atoms with Gasteiger partial charge in [-0.05, 0) is 60.7 Å². The van der Waals surface area contributed by atoms with Crippen LogP contribution in [0.3, 0.4) is 0 Å². The van der Waals surface area contributed by atoms with Gasteiger partial charge in [-0.25, -0.2) is 15.0 Å². The highest BCUT2D eigenvalue weighted by atomic mass is 16.3. The standard InChI is InChI=1S/C51H31N5O/c1-4-15-32(16-5-1)49-52-50(33-17-6-2-7-18-33)54-51(53-49)34-19-14-22-36(31-34)55-40-25-12-10-23-37(40)45-41(55)28-29-42-46(45)39-27-30-44-47(38-24-11-13-26-43(38)57-44)48(39)56(42)35-20-8-3-9-21-35/h1-31H. The van der Waals surface area contributed by atoms with E-state index in [0.29, 0.717) is 17.5 Å². The van der Waals surface area contributed by atoms with Crippen molar-refractivity contribution in [3.63, 3.8) is 0 Å². The first-order valence-corrected chi connectivity index (χ1v) is 19.1. The van der Waals surface area contributed by atoms with Crippen molar-refractivity contribution in [2.45, 2.75) is 0 Å². The van der Waals surface area contributed by atoms with Gasteiger partial charge in [0.2, 0.25) is 0 Å². The second kappa shape index (κ2) is 12.3. The van der Waals surface area contributed by atoms with Crippen molar-refractivity contribution < 1.29 is 4.42 Å². The number of aromatic nitrogens is 5. The Morgan fingerprint density at radius 2 is 0.877 bits per heavy atom. The summed E-state index contributed by atoms with van der Waals surface area (Å²) in [5, 5.41) is 7.01. The average Bonchev–Trinajstić information content (AvgIpc) is 3.95. The molecule has 0 unspecified atom stereocenters. The van der Waals surface area contributed by atoms with Crippen molar-refractivity contribution in [3.8, 4) is 45.5 Å². The molecule has 0 N–H and O–H groups in total. The maximum Gasteiger partial charge on any atom is 0.164 e. The lowest BCUT2D eigenvalue weighted by atomic mass is 10.0. The number of para-hydroxylation sites is 3. The van der Waals surface area contributed by atoms with Gasteiger partial charge in [0.1, 0.15) is 11.2 Å². The van der Waals surface area contributed by atoms with Crippen LogP contribution < -0.4 is 0 Å². The Morgan fingerprint density at radius 3 is 1.60 bits per heavy atom. The molecule has 8 aromatic carbocycles. The summed E-state index contributed by atoms with van der Waals surface area (Å²) in [4.78, 5) is 15.0. The zero-order valence-electron chi connectivity index (χ0n) is 30.5. The van der Waals surface area contributed by atoms with Crippen LogP contribution in [0.25, 0.3) is 111 Å². The number of furan rings is 1. The summed E-state index contributed by atoms with van der Waals surface area (Å²) in [7, 11) is 0. The van der Waals surface area contributed by atoms with Crippen molar-refractivity contribution in [1.82, 2.24) is 24.1 Å². The molecule has 0 saturated carbocycles. The molecule has 0 saturated heterocycles. The highest BCUT2D eigenvalue weighted by Crippen LogP contribution is 2.46. The van der Waals surface area contributed by atoms with Crippen LogP contribution in [0.2, 0.25) is 0 Å². The van der Waals surface area contributed by atoms with Crippen LogP contribution in [-0.4, -0.2) is 24.1 Å². The van der Waals surface area contributed by atoms with Crippen molar-refractivity contribution in [2.24, 2.45) is 0 Å². The van der Waals surface area contributed by atoms with Gasteiger partial charge in [-0.3, -0.25) is 0 Å². The monoisotopic (exact) mass is 729 g/mol. The Bertz CT molecular complexity index is 3450. The van der Waals surface area contributed by atoms with Gasteiger partial charge in [0.25, 0.3) is 0 Å². The molecule has 0 aliphatic carbocycles. The van der Waals surface area contributed by atoms with Gasteiger partial charge in [-0.15, -0.1) is 0 Å². The number of hydrogen-bond acceptors (Lipinski definition) is 4. The van der Waals surface area contributed by atoms with E-state index < -0.39 is 0 Å². The largest absolute Gasteiger partial charge is 0.456 e. The summed E-state index contributed by atoms with van der Waals surface area (Å²) in [6.07, 6.45) is 0. The normalized spacial score (nSPS) is 11.9. The minimum atomic E-state index is 0.620. The van der Waals surface area contributed by atoms with Crippen LogP contribution in [0, 0.1) is 0 Å². The molecule has 6 nitrogen and oxygen atoms in total. The molecule has 4 heterocycles. The number of hydrogen-bond donors (Lipinski definition) is 0. The number of benzene rings is 8. The molecule has 0 aliphatic rings. The van der Waals surface area contributed by atoms with Crippen LogP contribution in [-0.2, 0) is 0 Å². The van der Waals surface area contributed by atoms with Gasteiger partial charge in [-0.1, -0.05) is 127 Å². The third-order valence-corrected chi connectivity index (χ3v) is 11.1. The Kier molecular flexibility index (Phi) is 6.83. The minimum absolute atomic E-state index is 0.620. The van der Waals surface area contributed by atoms with E-state index in [1.54, 1.807) is 0 Å². The molecule has 0 radical (unpaired) electrons. The average molecular weight is 730 g/mol. The lowest BCUT2D eigenvalue weighted by Crippen LogP contribution is -2.01. The molecular formula is C51H31N5O. The number of fused-ring (bicyclic) bond motifs is 11. The maximum atomic E-state index is 6.45. The summed E-state index contributed by atoms with van der Waals surface area (Å²) in [5.74, 6) is 1.90. The summed E-state index contributed by atoms with van der Waals surface area (Å²) in [5.41, 5.74) is 11.2. The van der Waals surface area contributed by atoms with Gasteiger partial charge < -0.3 is 13.6 Å². The maximum absolute atomic E-state index is 6.45. The fourth-order valence-electron chi connectivity index (χ4n) is 8.71. The summed E-state index contributed by atoms with van der Waals surface area (Å²) in [6.45, 7) is 0. The topological polar surface area (TPSA) is 61.7 Å². The molecule has 12 aromatic rings. The third-order valence-electron chi connectivity index (χ3n) is 11.1. The SMILES string of the molecule is c1ccc(-c2nc(-c3ccccc3)nc(-c3cccc(-n4c5ccccc5c5c6c7ccc8oc9ccccc9c8c7n(-c7ccccc7)c6ccc54)c3)n2)cc1. The van der Waals surface area contributed by atoms with Crippen LogP contribution in [0.5, 0.6) is 0 Å².